The first-order valence-electron chi connectivity index (χ1n) is 8.89. The normalized spacial score (nSPS) is 15.2. The Kier molecular flexibility index (Phi) is 4.44. The van der Waals surface area contributed by atoms with Crippen molar-refractivity contribution in [1.29, 1.82) is 0 Å². The molecule has 0 atom stereocenters. The van der Waals surface area contributed by atoms with Crippen LogP contribution in [0.5, 0.6) is 5.75 Å². The van der Waals surface area contributed by atoms with Crippen molar-refractivity contribution in [1.82, 2.24) is 19.5 Å². The Hall–Kier alpha value is -3.10. The summed E-state index contributed by atoms with van der Waals surface area (Å²) in [6.45, 7) is 1.15. The van der Waals surface area contributed by atoms with E-state index in [0.717, 1.165) is 25.3 Å². The van der Waals surface area contributed by atoms with Gasteiger partial charge in [0.05, 0.1) is 5.69 Å². The Bertz CT molecular complexity index is 1020. The van der Waals surface area contributed by atoms with Gasteiger partial charge in [-0.2, -0.15) is 18.3 Å². The van der Waals surface area contributed by atoms with Gasteiger partial charge >= 0.3 is 6.18 Å². The van der Waals surface area contributed by atoms with Gasteiger partial charge in [-0.25, -0.2) is 9.50 Å². The first-order valence-corrected chi connectivity index (χ1v) is 8.89. The molecule has 0 saturated carbocycles. The molecule has 0 bridgehead atoms. The minimum Gasteiger partial charge on any atom is -0.508 e. The lowest BCUT2D eigenvalue weighted by Gasteiger charge is -2.25. The smallest absolute Gasteiger partial charge is 0.433 e. The highest BCUT2D eigenvalue weighted by Gasteiger charge is 2.36. The van der Waals surface area contributed by atoms with Crippen molar-refractivity contribution in [2.45, 2.75) is 25.4 Å². The van der Waals surface area contributed by atoms with Crippen LogP contribution in [0.2, 0.25) is 0 Å². The lowest BCUT2D eigenvalue weighted by atomic mass is 10.1. The summed E-state index contributed by atoms with van der Waals surface area (Å²) in [6, 6.07) is 7.87. The Balaban J connectivity index is 1.82. The maximum Gasteiger partial charge on any atom is 0.433 e. The van der Waals surface area contributed by atoms with Crippen molar-refractivity contribution < 1.29 is 23.1 Å². The summed E-state index contributed by atoms with van der Waals surface area (Å²) < 4.78 is 41.5. The molecule has 146 valence electrons. The Morgan fingerprint density at radius 2 is 1.71 bits per heavy atom. The van der Waals surface area contributed by atoms with E-state index < -0.39 is 11.9 Å². The van der Waals surface area contributed by atoms with E-state index in [-0.39, 0.29) is 28.7 Å². The summed E-state index contributed by atoms with van der Waals surface area (Å²) in [7, 11) is 0. The van der Waals surface area contributed by atoms with E-state index in [2.05, 4.69) is 10.1 Å². The second-order valence-corrected chi connectivity index (χ2v) is 6.72. The minimum atomic E-state index is -4.68. The van der Waals surface area contributed by atoms with Crippen LogP contribution in [0.1, 0.15) is 35.4 Å². The van der Waals surface area contributed by atoms with E-state index in [1.54, 1.807) is 4.90 Å². The molecule has 1 fully saturated rings. The van der Waals surface area contributed by atoms with Crippen molar-refractivity contribution in [2.75, 3.05) is 13.1 Å². The number of aromatic nitrogens is 3. The van der Waals surface area contributed by atoms with Gasteiger partial charge in [0.15, 0.2) is 17.0 Å². The van der Waals surface area contributed by atoms with Gasteiger partial charge in [0.25, 0.3) is 5.91 Å². The predicted octanol–water partition coefficient (Wildman–Crippen LogP) is 3.75. The second-order valence-electron chi connectivity index (χ2n) is 6.72. The number of phenolic OH excluding ortho intramolecular Hbond substituents is 1. The molecule has 2 aromatic heterocycles. The number of hydrogen-bond donors (Lipinski definition) is 1. The third-order valence-electron chi connectivity index (χ3n) is 4.74. The number of amides is 1. The average Bonchev–Trinajstić information content (AvgIpc) is 3.11. The van der Waals surface area contributed by atoms with Gasteiger partial charge in [-0.3, -0.25) is 4.79 Å². The number of alkyl halides is 3. The van der Waals surface area contributed by atoms with Gasteiger partial charge in [-0.15, -0.1) is 0 Å². The quantitative estimate of drug-likeness (QED) is 0.724. The topological polar surface area (TPSA) is 70.7 Å². The number of fused-ring (bicyclic) bond motifs is 1. The standard InChI is InChI=1S/C19H17F3N4O2/c20-19(21,22)16-10-14(12-4-6-13(27)7-5-12)23-17-11-15(24-26(16)17)18(28)25-8-2-1-3-9-25/h4-7,10-11,27H,1-3,8-9H2. The summed E-state index contributed by atoms with van der Waals surface area (Å²) in [5, 5.41) is 13.3. The summed E-state index contributed by atoms with van der Waals surface area (Å²) in [5.74, 6) is -0.385. The second kappa shape index (κ2) is 6.81. The number of nitrogens with zero attached hydrogens (tertiary/aromatic N) is 4. The molecule has 3 aromatic rings. The Labute approximate surface area is 158 Å². The van der Waals surface area contributed by atoms with Crippen LogP contribution >= 0.6 is 0 Å². The average molecular weight is 390 g/mol. The van der Waals surface area contributed by atoms with Crippen LogP contribution in [0.15, 0.2) is 36.4 Å². The molecule has 1 amide bonds. The van der Waals surface area contributed by atoms with Gasteiger partial charge in [0.1, 0.15) is 5.75 Å². The third-order valence-corrected chi connectivity index (χ3v) is 4.74. The fourth-order valence-electron chi connectivity index (χ4n) is 3.32. The van der Waals surface area contributed by atoms with Crippen LogP contribution in [0, 0.1) is 0 Å². The molecule has 0 unspecified atom stereocenters. The van der Waals surface area contributed by atoms with Crippen LogP contribution in [0.3, 0.4) is 0 Å². The number of carbonyl (C=O) groups is 1. The number of rotatable bonds is 2. The van der Waals surface area contributed by atoms with Gasteiger partial charge in [-0.1, -0.05) is 0 Å². The zero-order chi connectivity index (χ0) is 19.9. The van der Waals surface area contributed by atoms with Crippen molar-refractivity contribution in [3.63, 3.8) is 0 Å². The van der Waals surface area contributed by atoms with Crippen LogP contribution in [0.4, 0.5) is 13.2 Å². The molecule has 1 aromatic carbocycles. The van der Waals surface area contributed by atoms with Crippen LogP contribution in [0.25, 0.3) is 16.9 Å². The third kappa shape index (κ3) is 3.39. The van der Waals surface area contributed by atoms with E-state index in [4.69, 9.17) is 0 Å². The summed E-state index contributed by atoms with van der Waals surface area (Å²) in [5.41, 5.74) is -0.633. The van der Waals surface area contributed by atoms with Gasteiger partial charge in [0, 0.05) is 24.7 Å². The SMILES string of the molecule is O=C(c1cc2nc(-c3ccc(O)cc3)cc(C(F)(F)F)n2n1)N1CCCCC1. The van der Waals surface area contributed by atoms with E-state index in [1.807, 2.05) is 0 Å². The lowest BCUT2D eigenvalue weighted by molar-refractivity contribution is -0.142. The van der Waals surface area contributed by atoms with E-state index >= 15 is 0 Å². The number of hydrogen-bond acceptors (Lipinski definition) is 4. The largest absolute Gasteiger partial charge is 0.508 e. The molecule has 0 radical (unpaired) electrons. The monoisotopic (exact) mass is 390 g/mol. The van der Waals surface area contributed by atoms with E-state index in [1.165, 1.54) is 30.3 Å². The zero-order valence-corrected chi connectivity index (χ0v) is 14.8. The molecule has 9 heteroatoms. The number of likely N-dealkylation sites (tertiary alicyclic amines) is 1. The number of piperidine rings is 1. The molecule has 1 N–H and O–H groups in total. The van der Waals surface area contributed by atoms with E-state index in [9.17, 15) is 23.1 Å². The number of benzene rings is 1. The number of phenols is 1. The minimum absolute atomic E-state index is 0.000333. The molecule has 1 saturated heterocycles. The molecule has 28 heavy (non-hydrogen) atoms. The molecule has 4 rings (SSSR count). The molecular formula is C19H17F3N4O2. The van der Waals surface area contributed by atoms with Gasteiger partial charge < -0.3 is 10.0 Å². The first kappa shape index (κ1) is 18.3. The van der Waals surface area contributed by atoms with Gasteiger partial charge in [0.2, 0.25) is 0 Å². The zero-order valence-electron chi connectivity index (χ0n) is 14.8. The van der Waals surface area contributed by atoms with Gasteiger partial charge in [-0.05, 0) is 49.6 Å². The fraction of sp³-hybridized carbons (Fsp3) is 0.316. The Morgan fingerprint density at radius 1 is 1.04 bits per heavy atom. The van der Waals surface area contributed by atoms with Crippen LogP contribution < -0.4 is 0 Å². The fourth-order valence-corrected chi connectivity index (χ4v) is 3.32. The summed E-state index contributed by atoms with van der Waals surface area (Å²) in [6.07, 6.45) is -1.90. The Morgan fingerprint density at radius 3 is 2.36 bits per heavy atom. The molecule has 1 aliphatic heterocycles. The molecule has 6 nitrogen and oxygen atoms in total. The highest BCUT2D eigenvalue weighted by molar-refractivity contribution is 5.93. The highest BCUT2D eigenvalue weighted by atomic mass is 19.4. The van der Waals surface area contributed by atoms with Crippen molar-refractivity contribution in [3.8, 4) is 17.0 Å². The number of halogens is 3. The highest BCUT2D eigenvalue weighted by Crippen LogP contribution is 2.32. The maximum absolute atomic E-state index is 13.6. The maximum atomic E-state index is 13.6. The molecular weight excluding hydrogens is 373 g/mol. The lowest BCUT2D eigenvalue weighted by Crippen LogP contribution is -2.35. The first-order chi connectivity index (χ1) is 13.3. The van der Waals surface area contributed by atoms with Crippen LogP contribution in [-0.4, -0.2) is 43.6 Å². The van der Waals surface area contributed by atoms with Crippen LogP contribution in [-0.2, 0) is 6.18 Å². The molecule has 1 aliphatic rings. The van der Waals surface area contributed by atoms with E-state index in [0.29, 0.717) is 23.2 Å². The predicted molar refractivity (Wildman–Crippen MR) is 94.8 cm³/mol. The number of carbonyl (C=O) groups excluding carboxylic acids is 1. The summed E-state index contributed by atoms with van der Waals surface area (Å²) in [4.78, 5) is 18.5. The van der Waals surface area contributed by atoms with Crippen molar-refractivity contribution >= 4 is 11.6 Å². The van der Waals surface area contributed by atoms with Crippen molar-refractivity contribution in [2.24, 2.45) is 0 Å². The number of aromatic hydroxyl groups is 1. The molecule has 3 heterocycles. The molecule has 0 aliphatic carbocycles. The van der Waals surface area contributed by atoms with Crippen molar-refractivity contribution in [3.05, 3.63) is 47.8 Å². The summed E-state index contributed by atoms with van der Waals surface area (Å²) >= 11 is 0. The molecule has 0 spiro atoms.